The van der Waals surface area contributed by atoms with Gasteiger partial charge in [0.2, 0.25) is 0 Å². The van der Waals surface area contributed by atoms with Crippen LogP contribution in [-0.4, -0.2) is 5.97 Å². The molecule has 4 nitrogen and oxygen atoms in total. The highest BCUT2D eigenvalue weighted by Crippen LogP contribution is 2.21. The Morgan fingerprint density at radius 3 is 1.62 bits per heavy atom. The molecular weight excluding hydrogens is 396 g/mol. The molecule has 0 atom stereocenters. The van der Waals surface area contributed by atoms with E-state index >= 15 is 0 Å². The molecule has 32 heavy (non-hydrogen) atoms. The Hall–Kier alpha value is -2.49. The summed E-state index contributed by atoms with van der Waals surface area (Å²) in [4.78, 5) is 12.0. The zero-order valence-electron chi connectivity index (χ0n) is 19.8. The van der Waals surface area contributed by atoms with Crippen LogP contribution < -0.4 is 4.74 Å². The van der Waals surface area contributed by atoms with Gasteiger partial charge in [-0.3, -0.25) is 4.79 Å². The van der Waals surface area contributed by atoms with Gasteiger partial charge in [-0.25, -0.2) is 0 Å². The van der Waals surface area contributed by atoms with Crippen LogP contribution in [-0.2, 0) is 4.79 Å². The molecule has 0 spiro atoms. The highest BCUT2D eigenvalue weighted by atomic mass is 16.5. The van der Waals surface area contributed by atoms with Gasteiger partial charge in [0.05, 0.1) is 11.4 Å². The van der Waals surface area contributed by atoms with Crippen LogP contribution in [0, 0.1) is 0 Å². The maximum atomic E-state index is 12.0. The molecule has 0 aromatic heterocycles. The van der Waals surface area contributed by atoms with Crippen LogP contribution >= 0.6 is 0 Å². The Bertz CT molecular complexity index is 757. The number of hydrogen-bond acceptors (Lipinski definition) is 4. The Morgan fingerprint density at radius 2 is 1.09 bits per heavy atom. The van der Waals surface area contributed by atoms with Crippen LogP contribution in [0.5, 0.6) is 5.75 Å². The third-order valence-electron chi connectivity index (χ3n) is 5.59. The Kier molecular flexibility index (Phi) is 13.8. The fraction of sp³-hybridized carbons (Fsp3) is 0.536. The van der Waals surface area contributed by atoms with Crippen molar-refractivity contribution in [2.24, 2.45) is 10.2 Å². The standard InChI is InChI=1S/C28H40N2O2/c1-2-3-4-5-6-7-8-9-10-11-12-13-17-20-28(31)32-27-23-21-26(22-24-27)30-29-25-18-15-14-16-19-25/h14-16,18-19,21-24H,2-13,17,20H2,1H3/b30-29+. The predicted molar refractivity (Wildman–Crippen MR) is 133 cm³/mol. The molecule has 2 aromatic carbocycles. The molecule has 0 bridgehead atoms. The van der Waals surface area contributed by atoms with Crippen molar-refractivity contribution in [1.29, 1.82) is 0 Å². The van der Waals surface area contributed by atoms with Crippen molar-refractivity contribution in [3.63, 3.8) is 0 Å². The predicted octanol–water partition coefficient (Wildman–Crippen LogP) is 9.49. The number of esters is 1. The number of ether oxygens (including phenoxy) is 1. The molecule has 0 aliphatic rings. The number of nitrogens with zero attached hydrogens (tertiary/aromatic N) is 2. The van der Waals surface area contributed by atoms with E-state index in [1.807, 2.05) is 30.3 Å². The van der Waals surface area contributed by atoms with Crippen molar-refractivity contribution >= 4 is 17.3 Å². The molecule has 0 fully saturated rings. The second-order valence-corrected chi connectivity index (χ2v) is 8.50. The zero-order chi connectivity index (χ0) is 22.7. The summed E-state index contributed by atoms with van der Waals surface area (Å²) in [6.45, 7) is 2.27. The van der Waals surface area contributed by atoms with E-state index in [0.29, 0.717) is 12.2 Å². The van der Waals surface area contributed by atoms with Gasteiger partial charge < -0.3 is 4.74 Å². The fourth-order valence-corrected chi connectivity index (χ4v) is 3.66. The second-order valence-electron chi connectivity index (χ2n) is 8.50. The van der Waals surface area contributed by atoms with Crippen molar-refractivity contribution in [2.75, 3.05) is 0 Å². The lowest BCUT2D eigenvalue weighted by molar-refractivity contribution is -0.134. The summed E-state index contributed by atoms with van der Waals surface area (Å²) in [6.07, 6.45) is 17.4. The van der Waals surface area contributed by atoms with Crippen molar-refractivity contribution in [3.8, 4) is 5.75 Å². The molecule has 0 amide bonds. The number of unbranched alkanes of at least 4 members (excludes halogenated alkanes) is 12. The minimum Gasteiger partial charge on any atom is -0.427 e. The quantitative estimate of drug-likeness (QED) is 0.107. The van der Waals surface area contributed by atoms with E-state index in [0.717, 1.165) is 24.2 Å². The third-order valence-corrected chi connectivity index (χ3v) is 5.59. The Morgan fingerprint density at radius 1 is 0.625 bits per heavy atom. The number of carbonyl (C=O) groups excluding carboxylic acids is 1. The number of rotatable bonds is 17. The second kappa shape index (κ2) is 17.1. The van der Waals surface area contributed by atoms with E-state index in [9.17, 15) is 4.79 Å². The smallest absolute Gasteiger partial charge is 0.311 e. The first kappa shape index (κ1) is 25.8. The van der Waals surface area contributed by atoms with E-state index in [4.69, 9.17) is 4.74 Å². The van der Waals surface area contributed by atoms with Gasteiger partial charge in [0.1, 0.15) is 5.75 Å². The molecule has 0 unspecified atom stereocenters. The molecule has 0 heterocycles. The lowest BCUT2D eigenvalue weighted by atomic mass is 10.0. The van der Waals surface area contributed by atoms with Crippen molar-refractivity contribution < 1.29 is 9.53 Å². The number of benzene rings is 2. The van der Waals surface area contributed by atoms with Gasteiger partial charge in [-0.1, -0.05) is 102 Å². The van der Waals surface area contributed by atoms with Crippen LogP contribution in [0.2, 0.25) is 0 Å². The summed E-state index contributed by atoms with van der Waals surface area (Å²) < 4.78 is 5.43. The van der Waals surface area contributed by atoms with Crippen LogP contribution in [0.15, 0.2) is 64.8 Å². The Balaban J connectivity index is 1.47. The van der Waals surface area contributed by atoms with Crippen molar-refractivity contribution in [3.05, 3.63) is 54.6 Å². The van der Waals surface area contributed by atoms with E-state index < -0.39 is 0 Å². The minimum atomic E-state index is -0.160. The van der Waals surface area contributed by atoms with Crippen molar-refractivity contribution in [2.45, 2.75) is 96.8 Å². The van der Waals surface area contributed by atoms with Crippen LogP contribution in [0.3, 0.4) is 0 Å². The molecule has 0 saturated carbocycles. The van der Waals surface area contributed by atoms with E-state index in [1.54, 1.807) is 24.3 Å². The molecule has 174 valence electrons. The summed E-state index contributed by atoms with van der Waals surface area (Å²) >= 11 is 0. The van der Waals surface area contributed by atoms with Crippen LogP contribution in [0.1, 0.15) is 96.8 Å². The highest BCUT2D eigenvalue weighted by Gasteiger charge is 2.05. The first-order chi connectivity index (χ1) is 15.8. The van der Waals surface area contributed by atoms with Crippen LogP contribution in [0.25, 0.3) is 0 Å². The summed E-state index contributed by atoms with van der Waals surface area (Å²) in [5, 5.41) is 8.38. The van der Waals surface area contributed by atoms with Gasteiger partial charge in [-0.15, -0.1) is 0 Å². The molecule has 0 radical (unpaired) electrons. The van der Waals surface area contributed by atoms with Gasteiger partial charge in [-0.2, -0.15) is 10.2 Å². The van der Waals surface area contributed by atoms with E-state index in [2.05, 4.69) is 17.2 Å². The molecule has 0 saturated heterocycles. The number of carbonyl (C=O) groups is 1. The summed E-state index contributed by atoms with van der Waals surface area (Å²) in [5.41, 5.74) is 1.53. The Labute approximate surface area is 194 Å². The molecular formula is C28H40N2O2. The minimum absolute atomic E-state index is 0.160. The average molecular weight is 437 g/mol. The zero-order valence-corrected chi connectivity index (χ0v) is 19.8. The van der Waals surface area contributed by atoms with Crippen molar-refractivity contribution in [1.82, 2.24) is 0 Å². The molecule has 0 aliphatic heterocycles. The first-order valence-electron chi connectivity index (χ1n) is 12.6. The summed E-state index contributed by atoms with van der Waals surface area (Å²) in [7, 11) is 0. The summed E-state index contributed by atoms with van der Waals surface area (Å²) in [5.74, 6) is 0.398. The van der Waals surface area contributed by atoms with E-state index in [-0.39, 0.29) is 5.97 Å². The fourth-order valence-electron chi connectivity index (χ4n) is 3.66. The van der Waals surface area contributed by atoms with Gasteiger partial charge in [0.15, 0.2) is 0 Å². The molecule has 0 aliphatic carbocycles. The molecule has 2 aromatic rings. The lowest BCUT2D eigenvalue weighted by Crippen LogP contribution is -2.07. The average Bonchev–Trinajstić information content (AvgIpc) is 2.82. The maximum Gasteiger partial charge on any atom is 0.311 e. The van der Waals surface area contributed by atoms with Gasteiger partial charge >= 0.3 is 5.97 Å². The lowest BCUT2D eigenvalue weighted by Gasteiger charge is -2.05. The normalized spacial score (nSPS) is 11.2. The SMILES string of the molecule is CCCCCCCCCCCCCCCC(=O)Oc1ccc(/N=N/c2ccccc2)cc1. The molecule has 4 heteroatoms. The number of azo groups is 1. The van der Waals surface area contributed by atoms with E-state index in [1.165, 1.54) is 70.6 Å². The first-order valence-corrected chi connectivity index (χ1v) is 12.6. The molecule has 2 rings (SSSR count). The highest BCUT2D eigenvalue weighted by molar-refractivity contribution is 5.72. The summed E-state index contributed by atoms with van der Waals surface area (Å²) in [6, 6.07) is 16.7. The monoisotopic (exact) mass is 436 g/mol. The van der Waals surface area contributed by atoms with Gasteiger partial charge in [0, 0.05) is 6.42 Å². The maximum absolute atomic E-state index is 12.0. The van der Waals surface area contributed by atoms with Gasteiger partial charge in [0.25, 0.3) is 0 Å². The van der Waals surface area contributed by atoms with Crippen LogP contribution in [0.4, 0.5) is 11.4 Å². The van der Waals surface area contributed by atoms with Gasteiger partial charge in [-0.05, 0) is 42.8 Å². The number of hydrogen-bond donors (Lipinski definition) is 0. The largest absolute Gasteiger partial charge is 0.427 e. The topological polar surface area (TPSA) is 51.0 Å². The third kappa shape index (κ3) is 12.4. The molecule has 0 N–H and O–H groups in total.